The summed E-state index contributed by atoms with van der Waals surface area (Å²) in [6.45, 7) is -0.591. The number of nitrogens with one attached hydrogen (secondary N) is 1. The summed E-state index contributed by atoms with van der Waals surface area (Å²) in [6.07, 6.45) is 0. The predicted molar refractivity (Wildman–Crippen MR) is 114 cm³/mol. The van der Waals surface area contributed by atoms with Crippen LogP contribution >= 0.6 is 0 Å². The second-order valence-corrected chi connectivity index (χ2v) is 6.19. The number of H-pyrrole nitrogens is 1. The van der Waals surface area contributed by atoms with Crippen LogP contribution in [0.5, 0.6) is 0 Å². The maximum Gasteiger partial charge on any atom is 0.272 e. The molecule has 168 valence electrons. The molecule has 0 spiro atoms. The standard InChI is InChI=1S/C10H11N7O3.C7H8N2O3/c11-9-8(10(12)16-15-9)14-13-6-1-5(4-18)2-7(3-6)17(19)20;8-6-1-5(4-10)2-7(3-6)9(11)12/h1-3,18H,4H2,(H5,11,12,15,16);1-3,10H,4,8H2. The van der Waals surface area contributed by atoms with Crippen molar-refractivity contribution in [1.29, 1.82) is 0 Å². The molecule has 1 heterocycles. The van der Waals surface area contributed by atoms with Crippen LogP contribution in [-0.4, -0.2) is 30.3 Å². The number of nitro groups is 2. The van der Waals surface area contributed by atoms with Crippen molar-refractivity contribution in [3.8, 4) is 0 Å². The third kappa shape index (κ3) is 6.18. The summed E-state index contributed by atoms with van der Waals surface area (Å²) in [5.74, 6) is 0.207. The first-order valence-corrected chi connectivity index (χ1v) is 8.69. The van der Waals surface area contributed by atoms with Crippen LogP contribution in [-0.2, 0) is 13.2 Å². The van der Waals surface area contributed by atoms with Gasteiger partial charge in [0.15, 0.2) is 11.5 Å². The number of anilines is 3. The monoisotopic (exact) mass is 445 g/mol. The topological polar surface area (TPSA) is 258 Å². The Hall–Kier alpha value is -4.63. The number of nitrogen functional groups attached to an aromatic ring is 3. The minimum absolute atomic E-state index is 0.0686. The Kier molecular flexibility index (Phi) is 7.70. The predicted octanol–water partition coefficient (Wildman–Crippen LogP) is 2.06. The van der Waals surface area contributed by atoms with E-state index in [-0.39, 0.29) is 53.3 Å². The number of non-ortho nitro benzene ring substituents is 2. The number of nitro benzene ring substituents is 2. The van der Waals surface area contributed by atoms with Gasteiger partial charge in [-0.15, -0.1) is 5.11 Å². The molecule has 15 heteroatoms. The van der Waals surface area contributed by atoms with Gasteiger partial charge in [-0.05, 0) is 23.3 Å². The zero-order chi connectivity index (χ0) is 23.8. The molecule has 0 radical (unpaired) electrons. The van der Waals surface area contributed by atoms with Crippen LogP contribution in [0, 0.1) is 20.2 Å². The fourth-order valence-electron chi connectivity index (χ4n) is 2.38. The smallest absolute Gasteiger partial charge is 0.272 e. The summed E-state index contributed by atoms with van der Waals surface area (Å²) in [7, 11) is 0. The van der Waals surface area contributed by atoms with Gasteiger partial charge >= 0.3 is 0 Å². The normalized spacial score (nSPS) is 10.6. The highest BCUT2D eigenvalue weighted by Crippen LogP contribution is 2.30. The Morgan fingerprint density at radius 2 is 1.44 bits per heavy atom. The molecule has 32 heavy (non-hydrogen) atoms. The third-order valence-corrected chi connectivity index (χ3v) is 3.81. The number of hydrogen-bond donors (Lipinski definition) is 6. The van der Waals surface area contributed by atoms with Crippen molar-refractivity contribution in [2.24, 2.45) is 10.2 Å². The summed E-state index contributed by atoms with van der Waals surface area (Å²) in [6, 6.07) is 7.96. The average Bonchev–Trinajstić information content (AvgIpc) is 3.09. The van der Waals surface area contributed by atoms with E-state index in [0.717, 1.165) is 0 Å². The molecule has 9 N–H and O–H groups in total. The van der Waals surface area contributed by atoms with E-state index in [2.05, 4.69) is 20.4 Å². The number of nitrogens with zero attached hydrogens (tertiary/aromatic N) is 5. The van der Waals surface area contributed by atoms with Crippen LogP contribution in [0.1, 0.15) is 11.1 Å². The van der Waals surface area contributed by atoms with Crippen LogP contribution in [0.15, 0.2) is 46.6 Å². The molecule has 0 unspecified atom stereocenters. The van der Waals surface area contributed by atoms with E-state index >= 15 is 0 Å². The molecule has 0 amide bonds. The molecule has 3 aromatic rings. The first-order valence-electron chi connectivity index (χ1n) is 8.69. The van der Waals surface area contributed by atoms with Gasteiger partial charge in [-0.3, -0.25) is 25.3 Å². The van der Waals surface area contributed by atoms with Crippen LogP contribution in [0.3, 0.4) is 0 Å². The minimum atomic E-state index is -0.585. The van der Waals surface area contributed by atoms with E-state index in [1.807, 2.05) is 0 Å². The van der Waals surface area contributed by atoms with Crippen LogP contribution in [0.25, 0.3) is 0 Å². The number of rotatable bonds is 6. The second kappa shape index (κ2) is 10.4. The maximum atomic E-state index is 10.8. The Labute approximate surface area is 179 Å². The molecular weight excluding hydrogens is 426 g/mol. The Morgan fingerprint density at radius 1 is 0.875 bits per heavy atom. The molecule has 0 aliphatic carbocycles. The Morgan fingerprint density at radius 3 is 1.94 bits per heavy atom. The summed E-state index contributed by atoms with van der Waals surface area (Å²) in [5, 5.41) is 52.5. The minimum Gasteiger partial charge on any atom is -0.399 e. The van der Waals surface area contributed by atoms with E-state index in [1.54, 1.807) is 0 Å². The fraction of sp³-hybridized carbons (Fsp3) is 0.118. The molecule has 3 rings (SSSR count). The molecule has 0 saturated carbocycles. The first-order chi connectivity index (χ1) is 15.1. The number of aromatic amines is 1. The molecule has 0 aliphatic rings. The van der Waals surface area contributed by atoms with E-state index < -0.39 is 9.85 Å². The van der Waals surface area contributed by atoms with Gasteiger partial charge in [-0.2, -0.15) is 10.2 Å². The first kappa shape index (κ1) is 23.6. The summed E-state index contributed by atoms with van der Waals surface area (Å²) in [4.78, 5) is 19.9. The van der Waals surface area contributed by atoms with Crippen molar-refractivity contribution in [2.45, 2.75) is 13.2 Å². The number of aromatic nitrogens is 2. The van der Waals surface area contributed by atoms with Gasteiger partial charge in [0.1, 0.15) is 5.82 Å². The number of aliphatic hydroxyl groups is 2. The van der Waals surface area contributed by atoms with Gasteiger partial charge in [0, 0.05) is 30.0 Å². The molecule has 0 fully saturated rings. The quantitative estimate of drug-likeness (QED) is 0.139. The lowest BCUT2D eigenvalue weighted by atomic mass is 10.2. The van der Waals surface area contributed by atoms with Gasteiger partial charge in [0.05, 0.1) is 28.7 Å². The van der Waals surface area contributed by atoms with Crippen LogP contribution < -0.4 is 17.2 Å². The lowest BCUT2D eigenvalue weighted by Gasteiger charge is -1.99. The Bertz CT molecular complexity index is 1140. The highest BCUT2D eigenvalue weighted by molar-refractivity contribution is 5.70. The second-order valence-electron chi connectivity index (χ2n) is 6.19. The number of benzene rings is 2. The zero-order valence-electron chi connectivity index (χ0n) is 16.4. The molecule has 0 bridgehead atoms. The van der Waals surface area contributed by atoms with Gasteiger partial charge in [0.2, 0.25) is 0 Å². The zero-order valence-corrected chi connectivity index (χ0v) is 16.4. The number of aliphatic hydroxyl groups excluding tert-OH is 2. The average molecular weight is 445 g/mol. The van der Waals surface area contributed by atoms with Crippen LogP contribution in [0.2, 0.25) is 0 Å². The summed E-state index contributed by atoms with van der Waals surface area (Å²) >= 11 is 0. The lowest BCUT2D eigenvalue weighted by molar-refractivity contribution is -0.385. The summed E-state index contributed by atoms with van der Waals surface area (Å²) < 4.78 is 0. The van der Waals surface area contributed by atoms with Crippen molar-refractivity contribution >= 4 is 40.1 Å². The number of hydrogen-bond acceptors (Lipinski definition) is 12. The molecule has 2 aromatic carbocycles. The largest absolute Gasteiger partial charge is 0.399 e. The number of azo groups is 1. The fourth-order valence-corrected chi connectivity index (χ4v) is 2.38. The van der Waals surface area contributed by atoms with Crippen LogP contribution in [0.4, 0.5) is 40.1 Å². The van der Waals surface area contributed by atoms with Crippen molar-refractivity contribution in [3.63, 3.8) is 0 Å². The van der Waals surface area contributed by atoms with E-state index in [9.17, 15) is 20.2 Å². The van der Waals surface area contributed by atoms with E-state index in [0.29, 0.717) is 11.1 Å². The Balaban J connectivity index is 0.000000258. The SMILES string of the molecule is Nc1cc(CO)cc([N+](=O)[O-])c1.Nc1n[nH]c(N)c1N=Nc1cc(CO)cc([N+](=O)[O-])c1. The van der Waals surface area contributed by atoms with Crippen molar-refractivity contribution < 1.29 is 20.1 Å². The highest BCUT2D eigenvalue weighted by atomic mass is 16.6. The molecule has 0 aliphatic heterocycles. The van der Waals surface area contributed by atoms with Crippen molar-refractivity contribution in [3.05, 3.63) is 67.8 Å². The van der Waals surface area contributed by atoms with Gasteiger partial charge in [-0.1, -0.05) is 0 Å². The highest BCUT2D eigenvalue weighted by Gasteiger charge is 2.11. The van der Waals surface area contributed by atoms with Crippen molar-refractivity contribution in [2.75, 3.05) is 17.2 Å². The van der Waals surface area contributed by atoms with Gasteiger partial charge < -0.3 is 27.4 Å². The summed E-state index contributed by atoms with van der Waals surface area (Å²) in [5.41, 5.74) is 17.6. The molecular formula is C17H19N9O6. The van der Waals surface area contributed by atoms with Gasteiger partial charge in [-0.25, -0.2) is 0 Å². The number of nitrogens with two attached hydrogens (primary N) is 3. The van der Waals surface area contributed by atoms with E-state index in [4.69, 9.17) is 27.4 Å². The lowest BCUT2D eigenvalue weighted by Crippen LogP contribution is -1.94. The maximum absolute atomic E-state index is 10.8. The van der Waals surface area contributed by atoms with E-state index in [1.165, 1.54) is 36.4 Å². The molecule has 1 aromatic heterocycles. The molecule has 0 atom stereocenters. The van der Waals surface area contributed by atoms with Gasteiger partial charge in [0.25, 0.3) is 11.4 Å². The molecule has 0 saturated heterocycles. The van der Waals surface area contributed by atoms with Crippen molar-refractivity contribution in [1.82, 2.24) is 10.2 Å². The molecule has 15 nitrogen and oxygen atoms in total. The third-order valence-electron chi connectivity index (χ3n) is 3.81.